The minimum Gasteiger partial charge on any atom is -0.480 e. The number of carbonyl (C=O) groups is 1. The van der Waals surface area contributed by atoms with Crippen molar-refractivity contribution < 1.29 is 14.6 Å². The molecule has 1 aromatic rings. The van der Waals surface area contributed by atoms with Crippen molar-refractivity contribution in [1.82, 2.24) is 4.90 Å². The fraction of sp³-hybridized carbons (Fsp3) is 0.533. The van der Waals surface area contributed by atoms with E-state index in [-0.39, 0.29) is 0 Å². The number of benzene rings is 1. The fourth-order valence-electron chi connectivity index (χ4n) is 3.25. The van der Waals surface area contributed by atoms with Crippen molar-refractivity contribution in [2.45, 2.75) is 31.3 Å². The third kappa shape index (κ3) is 2.75. The monoisotopic (exact) mass is 339 g/mol. The van der Waals surface area contributed by atoms with E-state index in [0.29, 0.717) is 25.8 Å². The van der Waals surface area contributed by atoms with Crippen molar-refractivity contribution in [1.29, 1.82) is 0 Å². The van der Waals surface area contributed by atoms with E-state index in [1.165, 1.54) is 11.1 Å². The molecular weight excluding hydrogens is 322 g/mol. The molecule has 2 unspecified atom stereocenters. The summed E-state index contributed by atoms with van der Waals surface area (Å²) in [5, 5.41) is 9.34. The van der Waals surface area contributed by atoms with Crippen molar-refractivity contribution in [3.05, 3.63) is 33.8 Å². The number of aryl methyl sites for hydroxylation is 1. The molecule has 1 heterocycles. The minimum absolute atomic E-state index is 0.305. The lowest BCUT2D eigenvalue weighted by Crippen LogP contribution is -2.55. The highest BCUT2D eigenvalue weighted by atomic mass is 79.9. The van der Waals surface area contributed by atoms with Crippen LogP contribution >= 0.6 is 15.9 Å². The van der Waals surface area contributed by atoms with Gasteiger partial charge < -0.3 is 9.84 Å². The molecule has 20 heavy (non-hydrogen) atoms. The number of carboxylic acids is 1. The smallest absolute Gasteiger partial charge is 0.323 e. The Morgan fingerprint density at radius 2 is 2.25 bits per heavy atom. The summed E-state index contributed by atoms with van der Waals surface area (Å²) in [5.41, 5.74) is 2.73. The maximum Gasteiger partial charge on any atom is 0.323 e. The Kier molecular flexibility index (Phi) is 4.10. The van der Waals surface area contributed by atoms with Gasteiger partial charge in [0.1, 0.15) is 6.04 Å². The number of halogens is 1. The largest absolute Gasteiger partial charge is 0.480 e. The van der Waals surface area contributed by atoms with Crippen LogP contribution in [-0.4, -0.2) is 47.8 Å². The van der Waals surface area contributed by atoms with E-state index in [0.717, 1.165) is 23.7 Å². The lowest BCUT2D eigenvalue weighted by molar-refractivity contribution is -0.151. The molecule has 2 atom stereocenters. The maximum absolute atomic E-state index is 11.4. The zero-order valence-corrected chi connectivity index (χ0v) is 12.8. The first-order valence-electron chi connectivity index (χ1n) is 6.99. The van der Waals surface area contributed by atoms with Crippen LogP contribution in [0.25, 0.3) is 0 Å². The predicted octanol–water partition coefficient (Wildman–Crippen LogP) is 2.09. The second-order valence-electron chi connectivity index (χ2n) is 5.48. The first-order valence-corrected chi connectivity index (χ1v) is 7.78. The van der Waals surface area contributed by atoms with Crippen molar-refractivity contribution in [2.75, 3.05) is 19.8 Å². The zero-order chi connectivity index (χ0) is 14.1. The average molecular weight is 340 g/mol. The van der Waals surface area contributed by atoms with E-state index >= 15 is 0 Å². The Bertz CT molecular complexity index is 520. The standard InChI is InChI=1S/C15H18BrNO3/c16-12-3-1-11-8-13(4-2-10(11)7-12)17-5-6-20-9-14(17)15(18)19/h1,3,7,13-14H,2,4-6,8-9H2,(H,18,19). The van der Waals surface area contributed by atoms with Gasteiger partial charge in [0.2, 0.25) is 0 Å². The van der Waals surface area contributed by atoms with Crippen LogP contribution in [0.5, 0.6) is 0 Å². The topological polar surface area (TPSA) is 49.8 Å². The first-order chi connectivity index (χ1) is 9.65. The van der Waals surface area contributed by atoms with Crippen LogP contribution in [0, 0.1) is 0 Å². The third-order valence-electron chi connectivity index (χ3n) is 4.29. The zero-order valence-electron chi connectivity index (χ0n) is 11.2. The van der Waals surface area contributed by atoms with Crippen molar-refractivity contribution >= 4 is 21.9 Å². The lowest BCUT2D eigenvalue weighted by atomic mass is 9.87. The number of fused-ring (bicyclic) bond motifs is 1. The van der Waals surface area contributed by atoms with Crippen molar-refractivity contribution in [3.63, 3.8) is 0 Å². The quantitative estimate of drug-likeness (QED) is 0.896. The number of aliphatic carboxylic acids is 1. The van der Waals surface area contributed by atoms with Gasteiger partial charge in [-0.1, -0.05) is 22.0 Å². The van der Waals surface area contributed by atoms with Crippen molar-refractivity contribution in [3.8, 4) is 0 Å². The fourth-order valence-corrected chi connectivity index (χ4v) is 3.66. The van der Waals surface area contributed by atoms with Gasteiger partial charge >= 0.3 is 5.97 Å². The molecule has 0 amide bonds. The lowest BCUT2D eigenvalue weighted by Gasteiger charge is -2.41. The van der Waals surface area contributed by atoms with E-state index in [1.54, 1.807) is 0 Å². The van der Waals surface area contributed by atoms with E-state index < -0.39 is 12.0 Å². The number of nitrogens with zero attached hydrogens (tertiary/aromatic N) is 1. The van der Waals surface area contributed by atoms with Crippen LogP contribution < -0.4 is 0 Å². The molecule has 1 fully saturated rings. The van der Waals surface area contributed by atoms with Gasteiger partial charge in [-0.25, -0.2) is 0 Å². The van der Waals surface area contributed by atoms with Crippen LogP contribution in [0.2, 0.25) is 0 Å². The van der Waals surface area contributed by atoms with Gasteiger partial charge in [-0.2, -0.15) is 0 Å². The van der Waals surface area contributed by atoms with Crippen molar-refractivity contribution in [2.24, 2.45) is 0 Å². The first kappa shape index (κ1) is 14.0. The van der Waals surface area contributed by atoms with E-state index in [9.17, 15) is 9.90 Å². The Labute approximate surface area is 126 Å². The number of carboxylic acid groups (broad SMARTS) is 1. The summed E-state index contributed by atoms with van der Waals surface area (Å²) >= 11 is 3.51. The molecule has 3 rings (SSSR count). The van der Waals surface area contributed by atoms with E-state index in [4.69, 9.17) is 4.74 Å². The molecule has 0 saturated carbocycles. The summed E-state index contributed by atoms with van der Waals surface area (Å²) in [6, 6.07) is 6.22. The molecule has 1 aromatic carbocycles. The molecule has 4 nitrogen and oxygen atoms in total. The molecule has 1 N–H and O–H groups in total. The summed E-state index contributed by atoms with van der Waals surface area (Å²) in [4.78, 5) is 13.5. The molecule has 0 spiro atoms. The van der Waals surface area contributed by atoms with Gasteiger partial charge in [-0.3, -0.25) is 9.69 Å². The summed E-state index contributed by atoms with van der Waals surface area (Å²) in [6.07, 6.45) is 2.97. The van der Waals surface area contributed by atoms with Crippen LogP contribution in [-0.2, 0) is 22.4 Å². The number of morpholine rings is 1. The Balaban J connectivity index is 1.78. The normalized spacial score (nSPS) is 27.1. The molecule has 1 aliphatic carbocycles. The molecule has 0 bridgehead atoms. The number of ether oxygens (including phenoxy) is 1. The van der Waals surface area contributed by atoms with E-state index in [2.05, 4.69) is 39.0 Å². The maximum atomic E-state index is 11.4. The Morgan fingerprint density at radius 1 is 1.40 bits per heavy atom. The predicted molar refractivity (Wildman–Crippen MR) is 78.9 cm³/mol. The van der Waals surface area contributed by atoms with Gasteiger partial charge in [0.05, 0.1) is 13.2 Å². The van der Waals surface area contributed by atoms with Gasteiger partial charge in [-0.05, 0) is 42.5 Å². The highest BCUT2D eigenvalue weighted by molar-refractivity contribution is 9.10. The molecule has 1 saturated heterocycles. The Hall–Kier alpha value is -0.910. The van der Waals surface area contributed by atoms with Gasteiger partial charge in [0.15, 0.2) is 0 Å². The number of hydrogen-bond acceptors (Lipinski definition) is 3. The molecule has 0 aromatic heterocycles. The molecule has 2 aliphatic rings. The van der Waals surface area contributed by atoms with Crippen LogP contribution in [0.3, 0.4) is 0 Å². The second kappa shape index (κ2) is 5.84. The van der Waals surface area contributed by atoms with Gasteiger partial charge in [0, 0.05) is 17.1 Å². The van der Waals surface area contributed by atoms with Gasteiger partial charge in [0.25, 0.3) is 0 Å². The number of rotatable bonds is 2. The summed E-state index contributed by atoms with van der Waals surface area (Å²) < 4.78 is 6.44. The van der Waals surface area contributed by atoms with Crippen LogP contribution in [0.1, 0.15) is 17.5 Å². The average Bonchev–Trinajstić information content (AvgIpc) is 2.46. The van der Waals surface area contributed by atoms with Crippen LogP contribution in [0.4, 0.5) is 0 Å². The third-order valence-corrected chi connectivity index (χ3v) is 4.79. The van der Waals surface area contributed by atoms with Gasteiger partial charge in [-0.15, -0.1) is 0 Å². The van der Waals surface area contributed by atoms with E-state index in [1.807, 2.05) is 0 Å². The highest BCUT2D eigenvalue weighted by Crippen LogP contribution is 2.28. The summed E-state index contributed by atoms with van der Waals surface area (Å²) in [6.45, 7) is 1.65. The molecule has 0 radical (unpaired) electrons. The number of hydrogen-bond donors (Lipinski definition) is 1. The molecule has 5 heteroatoms. The molecular formula is C15H18BrNO3. The molecule has 108 valence electrons. The summed E-state index contributed by atoms with van der Waals surface area (Å²) in [5.74, 6) is -0.772. The van der Waals surface area contributed by atoms with Crippen LogP contribution in [0.15, 0.2) is 22.7 Å². The second-order valence-corrected chi connectivity index (χ2v) is 6.39. The highest BCUT2D eigenvalue weighted by Gasteiger charge is 2.35. The SMILES string of the molecule is O=C(O)C1COCCN1C1CCc2cc(Br)ccc2C1. The molecule has 1 aliphatic heterocycles. The Morgan fingerprint density at radius 3 is 3.05 bits per heavy atom. The summed E-state index contributed by atoms with van der Waals surface area (Å²) in [7, 11) is 0. The minimum atomic E-state index is -0.772.